The number of ether oxygens (including phenoxy) is 4. The molecule has 5 rings (SSSR count). The lowest BCUT2D eigenvalue weighted by atomic mass is 10.1. The molecule has 220 valence electrons. The summed E-state index contributed by atoms with van der Waals surface area (Å²) >= 11 is 11.8. The number of benzene rings is 3. The Morgan fingerprint density at radius 2 is 1.69 bits per heavy atom. The van der Waals surface area contributed by atoms with Crippen molar-refractivity contribution in [3.8, 4) is 23.0 Å². The molecule has 0 unspecified atom stereocenters. The molecule has 0 spiro atoms. The van der Waals surface area contributed by atoms with Crippen molar-refractivity contribution in [2.75, 3.05) is 31.9 Å². The number of anilines is 1. The van der Waals surface area contributed by atoms with Gasteiger partial charge in [-0.15, -0.1) is 0 Å². The number of amides is 2. The predicted molar refractivity (Wildman–Crippen MR) is 163 cm³/mol. The molecule has 1 saturated heterocycles. The fourth-order valence-corrected chi connectivity index (χ4v) is 5.42. The van der Waals surface area contributed by atoms with Gasteiger partial charge in [-0.3, -0.25) is 14.5 Å². The van der Waals surface area contributed by atoms with Crippen LogP contribution in [0, 0.1) is 0 Å². The molecule has 0 aromatic heterocycles. The number of fused-ring (bicyclic) bond motifs is 1. The van der Waals surface area contributed by atoms with Gasteiger partial charge < -0.3 is 29.2 Å². The van der Waals surface area contributed by atoms with Gasteiger partial charge in [0, 0.05) is 23.8 Å². The summed E-state index contributed by atoms with van der Waals surface area (Å²) in [7, 11) is 0. The third-order valence-electron chi connectivity index (χ3n) is 6.93. The summed E-state index contributed by atoms with van der Waals surface area (Å²) in [5.41, 5.74) is 2.45. The highest BCUT2D eigenvalue weighted by molar-refractivity contribution is 7.80. The molecular formula is C31H32ClN3O6S. The van der Waals surface area contributed by atoms with Crippen LogP contribution in [-0.2, 0) is 22.6 Å². The van der Waals surface area contributed by atoms with Crippen LogP contribution in [-0.4, -0.2) is 59.3 Å². The Morgan fingerprint density at radius 1 is 0.976 bits per heavy atom. The van der Waals surface area contributed by atoms with Gasteiger partial charge in [0.05, 0.1) is 19.6 Å². The van der Waals surface area contributed by atoms with Crippen LogP contribution in [0.2, 0.25) is 5.02 Å². The van der Waals surface area contributed by atoms with E-state index in [1.54, 1.807) is 34.1 Å². The zero-order valence-electron chi connectivity index (χ0n) is 23.4. The van der Waals surface area contributed by atoms with Crippen molar-refractivity contribution in [1.82, 2.24) is 9.80 Å². The van der Waals surface area contributed by atoms with Gasteiger partial charge >= 0.3 is 0 Å². The molecule has 9 nitrogen and oxygen atoms in total. The van der Waals surface area contributed by atoms with E-state index in [9.17, 15) is 9.59 Å². The lowest BCUT2D eigenvalue weighted by molar-refractivity contribution is -0.130. The van der Waals surface area contributed by atoms with Crippen LogP contribution in [0.3, 0.4) is 0 Å². The number of halogens is 1. The van der Waals surface area contributed by atoms with Gasteiger partial charge in [0.25, 0.3) is 5.91 Å². The second-order valence-corrected chi connectivity index (χ2v) is 10.6. The highest BCUT2D eigenvalue weighted by Gasteiger charge is 2.43. The zero-order valence-corrected chi connectivity index (χ0v) is 25.0. The predicted octanol–water partition coefficient (Wildman–Crippen LogP) is 5.44. The van der Waals surface area contributed by atoms with Crippen LogP contribution in [0.4, 0.5) is 5.69 Å². The minimum atomic E-state index is -0.769. The summed E-state index contributed by atoms with van der Waals surface area (Å²) in [6, 6.07) is 17.4. The topological polar surface area (TPSA) is 89.6 Å². The van der Waals surface area contributed by atoms with Crippen molar-refractivity contribution in [1.29, 1.82) is 0 Å². The Labute approximate surface area is 255 Å². The smallest absolute Gasteiger partial charge is 0.252 e. The van der Waals surface area contributed by atoms with Crippen molar-refractivity contribution in [3.63, 3.8) is 0 Å². The van der Waals surface area contributed by atoms with E-state index in [-0.39, 0.29) is 25.0 Å². The van der Waals surface area contributed by atoms with E-state index < -0.39 is 6.04 Å². The number of rotatable bonds is 12. The quantitative estimate of drug-likeness (QED) is 0.272. The zero-order chi connectivity index (χ0) is 29.6. The molecule has 0 radical (unpaired) electrons. The first kappa shape index (κ1) is 29.5. The largest absolute Gasteiger partial charge is 0.490 e. The summed E-state index contributed by atoms with van der Waals surface area (Å²) in [5, 5.41) is 3.79. The number of hydrogen-bond acceptors (Lipinski definition) is 7. The highest BCUT2D eigenvalue weighted by Crippen LogP contribution is 2.34. The molecule has 0 aliphatic carbocycles. The Kier molecular flexibility index (Phi) is 9.34. The van der Waals surface area contributed by atoms with Crippen molar-refractivity contribution >= 4 is 46.4 Å². The van der Waals surface area contributed by atoms with E-state index >= 15 is 0 Å². The molecule has 2 amide bonds. The third-order valence-corrected chi connectivity index (χ3v) is 7.64. The van der Waals surface area contributed by atoms with Gasteiger partial charge in [-0.05, 0) is 92.1 Å². The molecule has 2 aliphatic heterocycles. The van der Waals surface area contributed by atoms with E-state index in [2.05, 4.69) is 5.32 Å². The van der Waals surface area contributed by atoms with Crippen molar-refractivity contribution in [2.24, 2.45) is 0 Å². The van der Waals surface area contributed by atoms with E-state index in [1.807, 2.05) is 50.2 Å². The molecule has 2 heterocycles. The summed E-state index contributed by atoms with van der Waals surface area (Å²) in [6.07, 6.45) is 0.472. The van der Waals surface area contributed by atoms with E-state index in [0.29, 0.717) is 71.5 Å². The fraction of sp³-hybridized carbons (Fsp3) is 0.323. The van der Waals surface area contributed by atoms with Crippen molar-refractivity contribution in [3.05, 3.63) is 76.8 Å². The van der Waals surface area contributed by atoms with Gasteiger partial charge in [-0.1, -0.05) is 23.7 Å². The number of carbonyl (C=O) groups is 2. The van der Waals surface area contributed by atoms with Crippen LogP contribution in [0.1, 0.15) is 31.4 Å². The minimum absolute atomic E-state index is 0.0693. The van der Waals surface area contributed by atoms with Gasteiger partial charge in [0.15, 0.2) is 28.1 Å². The second kappa shape index (κ2) is 13.3. The second-order valence-electron chi connectivity index (χ2n) is 9.76. The van der Waals surface area contributed by atoms with Gasteiger partial charge in [-0.2, -0.15) is 0 Å². The summed E-state index contributed by atoms with van der Waals surface area (Å²) in [6.45, 7) is 5.72. The summed E-state index contributed by atoms with van der Waals surface area (Å²) < 4.78 is 22.4. The maximum absolute atomic E-state index is 13.8. The van der Waals surface area contributed by atoms with Crippen LogP contribution in [0.25, 0.3) is 0 Å². The maximum atomic E-state index is 13.8. The van der Waals surface area contributed by atoms with Crippen LogP contribution >= 0.6 is 23.8 Å². The average Bonchev–Trinajstić information content (AvgIpc) is 3.53. The molecule has 1 fully saturated rings. The molecular weight excluding hydrogens is 578 g/mol. The van der Waals surface area contributed by atoms with Crippen LogP contribution in [0.5, 0.6) is 23.0 Å². The third kappa shape index (κ3) is 6.71. The molecule has 0 bridgehead atoms. The molecule has 3 aromatic carbocycles. The molecule has 42 heavy (non-hydrogen) atoms. The molecule has 11 heteroatoms. The lowest BCUT2D eigenvalue weighted by Crippen LogP contribution is -2.37. The fourth-order valence-electron chi connectivity index (χ4n) is 4.93. The number of thiocarbonyl (C=S) groups is 1. The number of nitrogens with zero attached hydrogens (tertiary/aromatic N) is 2. The summed E-state index contributed by atoms with van der Waals surface area (Å²) in [4.78, 5) is 30.2. The first-order valence-electron chi connectivity index (χ1n) is 13.8. The van der Waals surface area contributed by atoms with E-state index in [0.717, 1.165) is 11.1 Å². The minimum Gasteiger partial charge on any atom is -0.490 e. The molecule has 2 aliphatic rings. The standard InChI is InChI=1S/C31H32ClN3O6S/c1-3-38-25-11-5-20(15-27(25)39-4-2)13-14-34-30(37)24(17-29(36)33-23-9-7-22(32)8-10-23)35(31(34)42)18-21-6-12-26-28(16-21)41-19-40-26/h5-12,15-16,24H,3-4,13-14,17-19H2,1-2H3,(H,33,36)/t24-/m0/s1. The van der Waals surface area contributed by atoms with Gasteiger partial charge in [0.1, 0.15) is 6.04 Å². The van der Waals surface area contributed by atoms with Crippen molar-refractivity contribution < 1.29 is 28.5 Å². The Balaban J connectivity index is 1.34. The Morgan fingerprint density at radius 3 is 2.45 bits per heavy atom. The van der Waals surface area contributed by atoms with E-state index in [4.69, 9.17) is 42.8 Å². The molecule has 1 N–H and O–H groups in total. The summed E-state index contributed by atoms with van der Waals surface area (Å²) in [5.74, 6) is 2.12. The van der Waals surface area contributed by atoms with E-state index in [1.165, 1.54) is 0 Å². The highest BCUT2D eigenvalue weighted by atomic mass is 35.5. The van der Waals surface area contributed by atoms with Crippen molar-refractivity contribution in [2.45, 2.75) is 39.3 Å². The molecule has 0 saturated carbocycles. The average molecular weight is 610 g/mol. The van der Waals surface area contributed by atoms with Crippen LogP contribution in [0.15, 0.2) is 60.7 Å². The molecule has 3 aromatic rings. The van der Waals surface area contributed by atoms with Crippen LogP contribution < -0.4 is 24.3 Å². The Bertz CT molecular complexity index is 1470. The van der Waals surface area contributed by atoms with Gasteiger partial charge in [-0.25, -0.2) is 0 Å². The molecule has 1 atom stereocenters. The Hall–Kier alpha value is -4.02. The SMILES string of the molecule is CCOc1ccc(CCN2C(=O)[C@H](CC(=O)Nc3ccc(Cl)cc3)N(Cc3ccc4c(c3)OCO4)C2=S)cc1OCC. The maximum Gasteiger partial charge on any atom is 0.252 e. The number of nitrogens with one attached hydrogen (secondary N) is 1. The van der Waals surface area contributed by atoms with Gasteiger partial charge in [0.2, 0.25) is 12.7 Å². The normalized spacial score (nSPS) is 15.7. The monoisotopic (exact) mass is 609 g/mol. The number of hydrogen-bond donors (Lipinski definition) is 1. The lowest BCUT2D eigenvalue weighted by Gasteiger charge is -2.24. The first-order valence-corrected chi connectivity index (χ1v) is 14.6. The first-order chi connectivity index (χ1) is 20.4. The number of carbonyl (C=O) groups excluding carboxylic acids is 2.